The molecule has 0 aromatic heterocycles. The lowest BCUT2D eigenvalue weighted by Gasteiger charge is -2.18. The van der Waals surface area contributed by atoms with Crippen molar-refractivity contribution in [1.29, 1.82) is 0 Å². The van der Waals surface area contributed by atoms with Crippen LogP contribution in [0, 0.1) is 6.92 Å². The maximum absolute atomic E-state index is 12.1. The zero-order valence-electron chi connectivity index (χ0n) is 9.79. The third-order valence-electron chi connectivity index (χ3n) is 2.48. The highest BCUT2D eigenvalue weighted by molar-refractivity contribution is 9.10. The van der Waals surface area contributed by atoms with Crippen LogP contribution in [0.15, 0.2) is 22.7 Å². The number of ether oxygens (including phenoxy) is 1. The van der Waals surface area contributed by atoms with Gasteiger partial charge in [0.05, 0.1) is 6.61 Å². The number of nitrogens with zero attached hydrogens (tertiary/aromatic N) is 1. The summed E-state index contributed by atoms with van der Waals surface area (Å²) < 4.78 is 5.91. The zero-order valence-corrected chi connectivity index (χ0v) is 11.4. The van der Waals surface area contributed by atoms with Crippen molar-refractivity contribution in [2.45, 2.75) is 6.92 Å². The zero-order chi connectivity index (χ0) is 12.1. The fourth-order valence-electron chi connectivity index (χ4n) is 1.37. The molecule has 1 aromatic carbocycles. The molecule has 0 aliphatic rings. The van der Waals surface area contributed by atoms with E-state index in [1.807, 2.05) is 25.1 Å². The van der Waals surface area contributed by atoms with Gasteiger partial charge in [0.1, 0.15) is 0 Å². The quantitative estimate of drug-likeness (QED) is 0.851. The lowest BCUT2D eigenvalue weighted by atomic mass is 10.1. The van der Waals surface area contributed by atoms with E-state index in [4.69, 9.17) is 4.74 Å². The Balaban J connectivity index is 2.84. The third-order valence-corrected chi connectivity index (χ3v) is 3.33. The van der Waals surface area contributed by atoms with E-state index < -0.39 is 0 Å². The molecular weight excluding hydrogens is 270 g/mol. The van der Waals surface area contributed by atoms with E-state index in [1.54, 1.807) is 19.1 Å². The topological polar surface area (TPSA) is 29.5 Å². The molecule has 0 unspecified atom stereocenters. The van der Waals surface area contributed by atoms with Crippen LogP contribution in [0.25, 0.3) is 0 Å². The molecule has 0 heterocycles. The van der Waals surface area contributed by atoms with Crippen molar-refractivity contribution < 1.29 is 9.53 Å². The largest absolute Gasteiger partial charge is 0.383 e. The number of carbonyl (C=O) groups excluding carboxylic acids is 1. The van der Waals surface area contributed by atoms with Gasteiger partial charge in [-0.05, 0) is 24.6 Å². The molecule has 0 bridgehead atoms. The fraction of sp³-hybridized carbons (Fsp3) is 0.417. The van der Waals surface area contributed by atoms with Crippen LogP contribution in [-0.4, -0.2) is 38.1 Å². The molecule has 0 fully saturated rings. The summed E-state index contributed by atoms with van der Waals surface area (Å²) in [4.78, 5) is 13.7. The monoisotopic (exact) mass is 285 g/mol. The van der Waals surface area contributed by atoms with Crippen LogP contribution >= 0.6 is 15.9 Å². The van der Waals surface area contributed by atoms with Crippen molar-refractivity contribution in [2.24, 2.45) is 0 Å². The SMILES string of the molecule is COCCN(C)C(=O)c1cccc(Br)c1C. The molecule has 0 aliphatic heterocycles. The molecule has 16 heavy (non-hydrogen) atoms. The molecule has 0 saturated carbocycles. The Labute approximate surface area is 105 Å². The number of rotatable bonds is 4. The van der Waals surface area contributed by atoms with Crippen LogP contribution < -0.4 is 0 Å². The van der Waals surface area contributed by atoms with Crippen LogP contribution in [0.2, 0.25) is 0 Å². The summed E-state index contributed by atoms with van der Waals surface area (Å²) in [5, 5.41) is 0. The first-order valence-corrected chi connectivity index (χ1v) is 5.86. The second kappa shape index (κ2) is 6.01. The van der Waals surface area contributed by atoms with E-state index in [-0.39, 0.29) is 5.91 Å². The minimum Gasteiger partial charge on any atom is -0.383 e. The minimum atomic E-state index is 0.0239. The molecule has 1 amide bonds. The molecule has 3 nitrogen and oxygen atoms in total. The van der Waals surface area contributed by atoms with E-state index in [0.717, 1.165) is 15.6 Å². The number of carbonyl (C=O) groups is 1. The predicted octanol–water partition coefficient (Wildman–Crippen LogP) is 2.48. The van der Waals surface area contributed by atoms with Gasteiger partial charge in [0.2, 0.25) is 0 Å². The van der Waals surface area contributed by atoms with Gasteiger partial charge in [-0.25, -0.2) is 0 Å². The molecule has 0 N–H and O–H groups in total. The van der Waals surface area contributed by atoms with Gasteiger partial charge in [0, 0.05) is 30.7 Å². The van der Waals surface area contributed by atoms with E-state index in [9.17, 15) is 4.79 Å². The van der Waals surface area contributed by atoms with Crippen molar-refractivity contribution in [3.05, 3.63) is 33.8 Å². The summed E-state index contributed by atoms with van der Waals surface area (Å²) in [6.07, 6.45) is 0. The third kappa shape index (κ3) is 3.06. The van der Waals surface area contributed by atoms with Crippen molar-refractivity contribution in [1.82, 2.24) is 4.90 Å². The molecule has 0 radical (unpaired) electrons. The van der Waals surface area contributed by atoms with Crippen LogP contribution in [-0.2, 0) is 4.74 Å². The first kappa shape index (κ1) is 13.2. The maximum atomic E-state index is 12.1. The fourth-order valence-corrected chi connectivity index (χ4v) is 1.74. The summed E-state index contributed by atoms with van der Waals surface area (Å²) in [7, 11) is 3.41. The molecule has 0 aliphatic carbocycles. The van der Waals surface area contributed by atoms with Crippen LogP contribution in [0.4, 0.5) is 0 Å². The standard InChI is InChI=1S/C12H16BrNO2/c1-9-10(5-4-6-11(9)13)12(15)14(2)7-8-16-3/h4-6H,7-8H2,1-3H3. The average Bonchev–Trinajstić information content (AvgIpc) is 2.28. The number of methoxy groups -OCH3 is 1. The Morgan fingerprint density at radius 1 is 1.50 bits per heavy atom. The molecule has 88 valence electrons. The molecule has 0 atom stereocenters. The first-order valence-electron chi connectivity index (χ1n) is 5.07. The smallest absolute Gasteiger partial charge is 0.253 e. The molecular formula is C12H16BrNO2. The highest BCUT2D eigenvalue weighted by Gasteiger charge is 2.14. The number of likely N-dealkylation sites (N-methyl/N-ethyl adjacent to an activating group) is 1. The summed E-state index contributed by atoms with van der Waals surface area (Å²) in [5.41, 5.74) is 1.70. The van der Waals surface area contributed by atoms with Crippen molar-refractivity contribution in [2.75, 3.05) is 27.3 Å². The highest BCUT2D eigenvalue weighted by atomic mass is 79.9. The van der Waals surface area contributed by atoms with E-state index >= 15 is 0 Å². The number of amides is 1. The number of halogens is 1. The Kier molecular flexibility index (Phi) is 4.96. The lowest BCUT2D eigenvalue weighted by molar-refractivity contribution is 0.0743. The molecule has 4 heteroatoms. The van der Waals surface area contributed by atoms with Crippen molar-refractivity contribution in [3.63, 3.8) is 0 Å². The summed E-state index contributed by atoms with van der Waals surface area (Å²) in [6, 6.07) is 5.64. The van der Waals surface area contributed by atoms with E-state index in [1.165, 1.54) is 0 Å². The molecule has 0 saturated heterocycles. The van der Waals surface area contributed by atoms with E-state index in [2.05, 4.69) is 15.9 Å². The van der Waals surface area contributed by atoms with Crippen molar-refractivity contribution in [3.8, 4) is 0 Å². The van der Waals surface area contributed by atoms with Crippen LogP contribution in [0.1, 0.15) is 15.9 Å². The Morgan fingerprint density at radius 2 is 2.19 bits per heavy atom. The lowest BCUT2D eigenvalue weighted by Crippen LogP contribution is -2.30. The van der Waals surface area contributed by atoms with Crippen LogP contribution in [0.3, 0.4) is 0 Å². The first-order chi connectivity index (χ1) is 7.57. The Bertz CT molecular complexity index is 379. The Hall–Kier alpha value is -0.870. The van der Waals surface area contributed by atoms with Gasteiger partial charge in [-0.15, -0.1) is 0 Å². The molecule has 1 aromatic rings. The van der Waals surface area contributed by atoms with Crippen LogP contribution in [0.5, 0.6) is 0 Å². The second-order valence-corrected chi connectivity index (χ2v) is 4.49. The van der Waals surface area contributed by atoms with Gasteiger partial charge in [0.15, 0.2) is 0 Å². The number of hydrogen-bond donors (Lipinski definition) is 0. The average molecular weight is 286 g/mol. The van der Waals surface area contributed by atoms with Gasteiger partial charge in [-0.3, -0.25) is 4.79 Å². The summed E-state index contributed by atoms with van der Waals surface area (Å²) in [6.45, 7) is 3.08. The van der Waals surface area contributed by atoms with Crippen molar-refractivity contribution >= 4 is 21.8 Å². The molecule has 1 rings (SSSR count). The predicted molar refractivity (Wildman–Crippen MR) is 67.7 cm³/mol. The summed E-state index contributed by atoms with van der Waals surface area (Å²) in [5.74, 6) is 0.0239. The highest BCUT2D eigenvalue weighted by Crippen LogP contribution is 2.20. The number of benzene rings is 1. The normalized spacial score (nSPS) is 10.2. The second-order valence-electron chi connectivity index (χ2n) is 3.63. The van der Waals surface area contributed by atoms with Gasteiger partial charge >= 0.3 is 0 Å². The maximum Gasteiger partial charge on any atom is 0.253 e. The minimum absolute atomic E-state index is 0.0239. The Morgan fingerprint density at radius 3 is 2.81 bits per heavy atom. The molecule has 0 spiro atoms. The van der Waals surface area contributed by atoms with Gasteiger partial charge in [0.25, 0.3) is 5.91 Å². The summed E-state index contributed by atoms with van der Waals surface area (Å²) >= 11 is 3.42. The van der Waals surface area contributed by atoms with Gasteiger partial charge < -0.3 is 9.64 Å². The van der Waals surface area contributed by atoms with Gasteiger partial charge in [-0.1, -0.05) is 22.0 Å². The van der Waals surface area contributed by atoms with E-state index in [0.29, 0.717) is 13.2 Å². The number of hydrogen-bond acceptors (Lipinski definition) is 2. The van der Waals surface area contributed by atoms with Gasteiger partial charge in [-0.2, -0.15) is 0 Å².